The Kier molecular flexibility index (Phi) is 4.47. The van der Waals surface area contributed by atoms with Crippen LogP contribution in [0.15, 0.2) is 41.2 Å². The van der Waals surface area contributed by atoms with Crippen LogP contribution in [0.5, 0.6) is 0 Å². The Morgan fingerprint density at radius 1 is 1.26 bits per heavy atom. The lowest BCUT2D eigenvalue weighted by atomic mass is 9.83. The lowest BCUT2D eigenvalue weighted by Gasteiger charge is -2.38. The molecule has 1 aromatic carbocycles. The summed E-state index contributed by atoms with van der Waals surface area (Å²) in [5.74, 6) is -0.833. The number of esters is 1. The molecule has 0 saturated heterocycles. The molecule has 8 heteroatoms. The van der Waals surface area contributed by atoms with Crippen molar-refractivity contribution in [1.29, 1.82) is 0 Å². The van der Waals surface area contributed by atoms with Crippen molar-refractivity contribution in [2.75, 3.05) is 14.2 Å². The Balaban J connectivity index is 1.80. The zero-order valence-corrected chi connectivity index (χ0v) is 17.4. The standard InChI is InChI=1S/C23H22N2O6/c1-4-23(28)14-10-16-18-13(9-12-7-5-6-8-15(12)24-18)11-25(16)20(26)17(14)19(31-22(23)27)21(29-2)30-3/h5-10,19,21,28H,4,11H2,1-3H3. The average Bonchev–Trinajstić information content (AvgIpc) is 3.14. The summed E-state index contributed by atoms with van der Waals surface area (Å²) >= 11 is 0. The Morgan fingerprint density at radius 3 is 2.71 bits per heavy atom. The van der Waals surface area contributed by atoms with Crippen molar-refractivity contribution >= 4 is 16.9 Å². The van der Waals surface area contributed by atoms with Gasteiger partial charge in [0.2, 0.25) is 0 Å². The Labute approximate surface area is 178 Å². The summed E-state index contributed by atoms with van der Waals surface area (Å²) in [4.78, 5) is 31.2. The second kappa shape index (κ2) is 6.98. The summed E-state index contributed by atoms with van der Waals surface area (Å²) in [6.07, 6.45) is -2.03. The number of pyridine rings is 2. The fourth-order valence-corrected chi connectivity index (χ4v) is 4.56. The largest absolute Gasteiger partial charge is 0.449 e. The maximum Gasteiger partial charge on any atom is 0.343 e. The van der Waals surface area contributed by atoms with E-state index in [4.69, 9.17) is 19.2 Å². The molecule has 3 aromatic rings. The molecule has 0 radical (unpaired) electrons. The number of rotatable bonds is 4. The number of nitrogens with zero attached hydrogens (tertiary/aromatic N) is 2. The number of methoxy groups -OCH3 is 2. The van der Waals surface area contributed by atoms with Gasteiger partial charge in [-0.3, -0.25) is 4.79 Å². The van der Waals surface area contributed by atoms with Crippen LogP contribution in [0, 0.1) is 0 Å². The van der Waals surface area contributed by atoms with Crippen molar-refractivity contribution in [3.8, 4) is 11.4 Å². The first-order valence-corrected chi connectivity index (χ1v) is 10.1. The predicted molar refractivity (Wildman–Crippen MR) is 111 cm³/mol. The molecule has 0 saturated carbocycles. The van der Waals surface area contributed by atoms with E-state index in [-0.39, 0.29) is 23.1 Å². The molecule has 0 aliphatic carbocycles. The zero-order chi connectivity index (χ0) is 21.9. The van der Waals surface area contributed by atoms with Crippen LogP contribution in [0.2, 0.25) is 0 Å². The van der Waals surface area contributed by atoms with Gasteiger partial charge in [0, 0.05) is 30.7 Å². The summed E-state index contributed by atoms with van der Waals surface area (Å²) in [5.41, 5.74) is 1.02. The van der Waals surface area contributed by atoms with Gasteiger partial charge in [0.15, 0.2) is 18.0 Å². The van der Waals surface area contributed by atoms with Crippen LogP contribution in [-0.4, -0.2) is 41.1 Å². The van der Waals surface area contributed by atoms with Gasteiger partial charge in [0.05, 0.1) is 29.0 Å². The number of fused-ring (bicyclic) bond motifs is 5. The van der Waals surface area contributed by atoms with Crippen molar-refractivity contribution in [2.45, 2.75) is 37.9 Å². The van der Waals surface area contributed by atoms with E-state index < -0.39 is 24.0 Å². The molecule has 5 rings (SSSR count). The minimum Gasteiger partial charge on any atom is -0.449 e. The number of aliphatic hydroxyl groups is 1. The Hall–Kier alpha value is -3.07. The maximum atomic E-state index is 13.6. The minimum atomic E-state index is -1.94. The monoisotopic (exact) mass is 422 g/mol. The quantitative estimate of drug-likeness (QED) is 0.398. The van der Waals surface area contributed by atoms with E-state index in [0.29, 0.717) is 17.9 Å². The lowest BCUT2D eigenvalue weighted by Crippen LogP contribution is -2.49. The van der Waals surface area contributed by atoms with Crippen molar-refractivity contribution in [1.82, 2.24) is 9.55 Å². The number of hydrogen-bond donors (Lipinski definition) is 1. The van der Waals surface area contributed by atoms with Gasteiger partial charge in [0.1, 0.15) is 0 Å². The number of carbonyl (C=O) groups is 1. The van der Waals surface area contributed by atoms with Gasteiger partial charge in [0.25, 0.3) is 5.56 Å². The highest BCUT2D eigenvalue weighted by Gasteiger charge is 2.51. The van der Waals surface area contributed by atoms with Crippen LogP contribution < -0.4 is 5.56 Å². The minimum absolute atomic E-state index is 0.0527. The van der Waals surface area contributed by atoms with E-state index in [1.807, 2.05) is 30.3 Å². The average molecular weight is 422 g/mol. The number of benzene rings is 1. The van der Waals surface area contributed by atoms with Gasteiger partial charge in [-0.15, -0.1) is 0 Å². The van der Waals surface area contributed by atoms with Crippen LogP contribution in [-0.2, 0) is 31.2 Å². The fraction of sp³-hybridized carbons (Fsp3) is 0.348. The van der Waals surface area contributed by atoms with Crippen molar-refractivity contribution in [3.05, 3.63) is 63.4 Å². The van der Waals surface area contributed by atoms with Crippen LogP contribution in [0.3, 0.4) is 0 Å². The third-order valence-corrected chi connectivity index (χ3v) is 6.24. The molecule has 0 bridgehead atoms. The molecular formula is C23H22N2O6. The van der Waals surface area contributed by atoms with Crippen LogP contribution in [0.25, 0.3) is 22.3 Å². The first-order valence-electron chi connectivity index (χ1n) is 10.1. The van der Waals surface area contributed by atoms with Gasteiger partial charge >= 0.3 is 5.97 Å². The van der Waals surface area contributed by atoms with E-state index in [1.165, 1.54) is 14.2 Å². The van der Waals surface area contributed by atoms with Gasteiger partial charge in [-0.05, 0) is 24.6 Å². The van der Waals surface area contributed by atoms with Gasteiger partial charge in [-0.1, -0.05) is 25.1 Å². The molecule has 4 heterocycles. The molecule has 2 aliphatic heterocycles. The fourth-order valence-electron chi connectivity index (χ4n) is 4.56. The first-order chi connectivity index (χ1) is 14.9. The molecule has 1 N–H and O–H groups in total. The number of cyclic esters (lactones) is 1. The van der Waals surface area contributed by atoms with E-state index in [0.717, 1.165) is 16.5 Å². The van der Waals surface area contributed by atoms with Crippen molar-refractivity contribution in [2.24, 2.45) is 0 Å². The maximum absolute atomic E-state index is 13.6. The molecule has 2 atom stereocenters. The van der Waals surface area contributed by atoms with Crippen LogP contribution >= 0.6 is 0 Å². The molecule has 0 spiro atoms. The lowest BCUT2D eigenvalue weighted by molar-refractivity contribution is -0.214. The third kappa shape index (κ3) is 2.69. The molecule has 8 nitrogen and oxygen atoms in total. The molecule has 2 unspecified atom stereocenters. The third-order valence-electron chi connectivity index (χ3n) is 6.24. The summed E-state index contributed by atoms with van der Waals surface area (Å²) in [7, 11) is 2.80. The molecule has 2 aliphatic rings. The number of para-hydroxylation sites is 1. The SMILES string of the molecule is CCC1(O)C(=O)OC(C(OC)OC)c2c1cc1n(c2=O)Cc2cc3ccccc3nc2-1. The molecule has 160 valence electrons. The van der Waals surface area contributed by atoms with Gasteiger partial charge < -0.3 is 23.9 Å². The van der Waals surface area contributed by atoms with Crippen molar-refractivity contribution in [3.63, 3.8) is 0 Å². The molecular weight excluding hydrogens is 400 g/mol. The second-order valence-corrected chi connectivity index (χ2v) is 7.82. The zero-order valence-electron chi connectivity index (χ0n) is 17.4. The highest BCUT2D eigenvalue weighted by Crippen LogP contribution is 2.43. The van der Waals surface area contributed by atoms with E-state index in [1.54, 1.807) is 17.6 Å². The number of carbonyl (C=O) groups excluding carboxylic acids is 1. The number of aromatic nitrogens is 2. The smallest absolute Gasteiger partial charge is 0.343 e. The predicted octanol–water partition coefficient (Wildman–Crippen LogP) is 2.24. The highest BCUT2D eigenvalue weighted by atomic mass is 16.7. The van der Waals surface area contributed by atoms with Crippen molar-refractivity contribution < 1.29 is 24.1 Å². The Morgan fingerprint density at radius 2 is 2.00 bits per heavy atom. The molecule has 31 heavy (non-hydrogen) atoms. The first kappa shape index (κ1) is 19.9. The highest BCUT2D eigenvalue weighted by molar-refractivity contribution is 5.86. The normalized spacial score (nSPS) is 21.7. The number of ether oxygens (including phenoxy) is 3. The molecule has 2 aromatic heterocycles. The summed E-state index contributed by atoms with van der Waals surface area (Å²) < 4.78 is 17.7. The van der Waals surface area contributed by atoms with E-state index >= 15 is 0 Å². The molecule has 0 amide bonds. The number of hydrogen-bond acceptors (Lipinski definition) is 7. The van der Waals surface area contributed by atoms with Gasteiger partial charge in [-0.25, -0.2) is 9.78 Å². The van der Waals surface area contributed by atoms with Gasteiger partial charge in [-0.2, -0.15) is 0 Å². The van der Waals surface area contributed by atoms with Crippen LogP contribution in [0.4, 0.5) is 0 Å². The van der Waals surface area contributed by atoms with Crippen LogP contribution in [0.1, 0.15) is 36.1 Å². The topological polar surface area (TPSA) is 99.9 Å². The Bertz CT molecular complexity index is 1280. The van der Waals surface area contributed by atoms with E-state index in [9.17, 15) is 14.7 Å². The van der Waals surface area contributed by atoms with E-state index in [2.05, 4.69) is 0 Å². The molecule has 0 fully saturated rings. The summed E-state index contributed by atoms with van der Waals surface area (Å²) in [6.45, 7) is 2.00. The summed E-state index contributed by atoms with van der Waals surface area (Å²) in [5, 5.41) is 12.2. The second-order valence-electron chi connectivity index (χ2n) is 7.82. The summed E-state index contributed by atoms with van der Waals surface area (Å²) in [6, 6.07) is 11.4.